The first-order valence-corrected chi connectivity index (χ1v) is 5.36. The second kappa shape index (κ2) is 4.57. The van der Waals surface area contributed by atoms with Gasteiger partial charge in [0.1, 0.15) is 23.4 Å². The van der Waals surface area contributed by atoms with E-state index in [1.54, 1.807) is 12.1 Å². The molecule has 1 amide bonds. The van der Waals surface area contributed by atoms with Gasteiger partial charge in [-0.1, -0.05) is 20.8 Å². The Balaban J connectivity index is 0.00000180. The first kappa shape index (κ1) is 15.6. The maximum absolute atomic E-state index is 11.8. The van der Waals surface area contributed by atoms with Gasteiger partial charge in [-0.2, -0.15) is 10.5 Å². The SMILES string of the molecule is CC(C)(C)C12NC(=O)C(C#N)=C1C(C#N)=C([O-])N2.[Na+]. The van der Waals surface area contributed by atoms with E-state index in [2.05, 4.69) is 10.6 Å². The fraction of sp³-hybridized carbons (Fsp3) is 0.417. The Kier molecular flexibility index (Phi) is 3.75. The van der Waals surface area contributed by atoms with E-state index < -0.39 is 22.9 Å². The van der Waals surface area contributed by atoms with Crippen LogP contribution in [0.5, 0.6) is 0 Å². The van der Waals surface area contributed by atoms with Gasteiger partial charge in [-0.3, -0.25) is 4.79 Å². The number of rotatable bonds is 0. The molecule has 2 aliphatic rings. The van der Waals surface area contributed by atoms with Crippen LogP contribution in [0.2, 0.25) is 0 Å². The van der Waals surface area contributed by atoms with Crippen molar-refractivity contribution in [1.82, 2.24) is 10.6 Å². The summed E-state index contributed by atoms with van der Waals surface area (Å²) in [7, 11) is 0. The Morgan fingerprint density at radius 2 is 1.68 bits per heavy atom. The number of nitrogens with zero attached hydrogens (tertiary/aromatic N) is 2. The zero-order chi connectivity index (χ0) is 13.7. The van der Waals surface area contributed by atoms with Crippen molar-refractivity contribution >= 4 is 5.91 Å². The van der Waals surface area contributed by atoms with Crippen molar-refractivity contribution in [3.8, 4) is 12.1 Å². The Bertz CT molecular complexity index is 601. The number of nitriles is 2. The number of hydrogen-bond acceptors (Lipinski definition) is 5. The van der Waals surface area contributed by atoms with Gasteiger partial charge in [-0.25, -0.2) is 0 Å². The van der Waals surface area contributed by atoms with Crippen molar-refractivity contribution in [2.45, 2.75) is 26.4 Å². The van der Waals surface area contributed by atoms with Crippen LogP contribution in [0.4, 0.5) is 0 Å². The monoisotopic (exact) mass is 266 g/mol. The van der Waals surface area contributed by atoms with Crippen molar-refractivity contribution in [1.29, 1.82) is 10.5 Å². The molecule has 0 aromatic carbocycles. The molecule has 0 bridgehead atoms. The van der Waals surface area contributed by atoms with Gasteiger partial charge in [0.2, 0.25) is 0 Å². The Morgan fingerprint density at radius 3 is 2.11 bits per heavy atom. The summed E-state index contributed by atoms with van der Waals surface area (Å²) in [6.45, 7) is 5.44. The van der Waals surface area contributed by atoms with Crippen LogP contribution in [0.1, 0.15) is 20.8 Å². The molecular formula is C12H11N4NaO2. The molecule has 0 aliphatic carbocycles. The minimum atomic E-state index is -1.17. The predicted molar refractivity (Wildman–Crippen MR) is 58.7 cm³/mol. The number of hydrogen-bond donors (Lipinski definition) is 2. The summed E-state index contributed by atoms with van der Waals surface area (Å²) in [5, 5.41) is 35.1. The van der Waals surface area contributed by atoms with Gasteiger partial charge in [-0.15, -0.1) is 0 Å². The van der Waals surface area contributed by atoms with Crippen LogP contribution in [0, 0.1) is 28.1 Å². The minimum absolute atomic E-state index is 0. The zero-order valence-corrected chi connectivity index (χ0v) is 13.2. The van der Waals surface area contributed by atoms with Crippen molar-refractivity contribution in [2.75, 3.05) is 0 Å². The zero-order valence-electron chi connectivity index (χ0n) is 11.2. The molecule has 1 unspecified atom stereocenters. The molecule has 0 saturated heterocycles. The van der Waals surface area contributed by atoms with Gasteiger partial charge in [0.15, 0.2) is 0 Å². The van der Waals surface area contributed by atoms with Crippen molar-refractivity contribution in [3.63, 3.8) is 0 Å². The van der Waals surface area contributed by atoms with Crippen LogP contribution >= 0.6 is 0 Å². The maximum Gasteiger partial charge on any atom is 1.00 e. The molecule has 0 spiro atoms. The Labute approximate surface area is 133 Å². The van der Waals surface area contributed by atoms with Gasteiger partial charge in [0.05, 0.1) is 5.57 Å². The largest absolute Gasteiger partial charge is 1.00 e. The van der Waals surface area contributed by atoms with Gasteiger partial charge >= 0.3 is 29.6 Å². The average molecular weight is 266 g/mol. The third-order valence-corrected chi connectivity index (χ3v) is 3.28. The molecule has 0 aromatic rings. The first-order valence-electron chi connectivity index (χ1n) is 5.36. The fourth-order valence-corrected chi connectivity index (χ4v) is 2.31. The van der Waals surface area contributed by atoms with Crippen molar-refractivity contribution in [3.05, 3.63) is 22.6 Å². The fourth-order valence-electron chi connectivity index (χ4n) is 2.31. The molecule has 0 saturated carbocycles. The van der Waals surface area contributed by atoms with Gasteiger partial charge in [0, 0.05) is 11.0 Å². The molecule has 92 valence electrons. The number of fused-ring (bicyclic) bond motifs is 1. The molecule has 19 heavy (non-hydrogen) atoms. The Morgan fingerprint density at radius 1 is 1.16 bits per heavy atom. The van der Waals surface area contributed by atoms with E-state index in [9.17, 15) is 9.90 Å². The molecule has 0 fully saturated rings. The van der Waals surface area contributed by atoms with Crippen molar-refractivity contribution in [2.24, 2.45) is 5.41 Å². The number of carbonyl (C=O) groups is 1. The molecule has 0 radical (unpaired) electrons. The van der Waals surface area contributed by atoms with E-state index in [1.807, 2.05) is 20.8 Å². The van der Waals surface area contributed by atoms with Crippen LogP contribution < -0.4 is 45.3 Å². The van der Waals surface area contributed by atoms with E-state index in [1.165, 1.54) is 0 Å². The molecule has 2 heterocycles. The molecular weight excluding hydrogens is 255 g/mol. The predicted octanol–water partition coefficient (Wildman–Crippen LogP) is -3.62. The first-order chi connectivity index (χ1) is 8.28. The minimum Gasteiger partial charge on any atom is -0.859 e. The summed E-state index contributed by atoms with van der Waals surface area (Å²) in [5.74, 6) is -1.12. The van der Waals surface area contributed by atoms with E-state index in [4.69, 9.17) is 10.5 Å². The van der Waals surface area contributed by atoms with Crippen LogP contribution in [0.15, 0.2) is 22.6 Å². The van der Waals surface area contributed by atoms with Crippen LogP contribution in [-0.4, -0.2) is 11.6 Å². The normalized spacial score (nSPS) is 25.0. The summed E-state index contributed by atoms with van der Waals surface area (Å²) in [6.07, 6.45) is 0. The second-order valence-corrected chi connectivity index (χ2v) is 5.26. The summed E-state index contributed by atoms with van der Waals surface area (Å²) >= 11 is 0. The molecule has 2 rings (SSSR count). The molecule has 2 N–H and O–H groups in total. The number of carbonyl (C=O) groups excluding carboxylic acids is 1. The van der Waals surface area contributed by atoms with Gasteiger partial charge < -0.3 is 15.7 Å². The molecule has 6 nitrogen and oxygen atoms in total. The van der Waals surface area contributed by atoms with Crippen LogP contribution in [0.25, 0.3) is 0 Å². The van der Waals surface area contributed by atoms with Gasteiger partial charge in [-0.05, 0) is 5.88 Å². The third-order valence-electron chi connectivity index (χ3n) is 3.28. The molecule has 2 aliphatic heterocycles. The number of nitrogens with one attached hydrogen (secondary N) is 2. The smallest absolute Gasteiger partial charge is 0.859 e. The average Bonchev–Trinajstić information content (AvgIpc) is 2.67. The van der Waals surface area contributed by atoms with Gasteiger partial charge in [0.25, 0.3) is 5.91 Å². The standard InChI is InChI=1S/C12H12N4O2.Na/c1-11(2,3)12-8(6(4-13)9(17)15-12)7(5-14)10(18)16-12;/h15,17H,1-3H3,(H,16,18);/q;+1/p-1. The van der Waals surface area contributed by atoms with Crippen molar-refractivity contribution < 1.29 is 39.5 Å². The summed E-state index contributed by atoms with van der Waals surface area (Å²) in [4.78, 5) is 11.8. The third kappa shape index (κ3) is 1.84. The van der Waals surface area contributed by atoms with E-state index in [-0.39, 0.29) is 46.3 Å². The summed E-state index contributed by atoms with van der Waals surface area (Å²) in [5.41, 5.74) is -1.89. The molecule has 7 heteroatoms. The molecule has 1 atom stereocenters. The Hall–Kier alpha value is -1.47. The molecule has 0 aromatic heterocycles. The van der Waals surface area contributed by atoms with E-state index in [0.717, 1.165) is 0 Å². The topological polar surface area (TPSA) is 112 Å². The second-order valence-electron chi connectivity index (χ2n) is 5.26. The summed E-state index contributed by atoms with van der Waals surface area (Å²) in [6, 6.07) is 3.54. The summed E-state index contributed by atoms with van der Waals surface area (Å²) < 4.78 is 0. The van der Waals surface area contributed by atoms with Crippen LogP contribution in [0.3, 0.4) is 0 Å². The van der Waals surface area contributed by atoms with Crippen LogP contribution in [-0.2, 0) is 4.79 Å². The maximum atomic E-state index is 11.8. The number of amides is 1. The van der Waals surface area contributed by atoms with E-state index in [0.29, 0.717) is 0 Å². The van der Waals surface area contributed by atoms with E-state index >= 15 is 0 Å². The quantitative estimate of drug-likeness (QED) is 0.440.